The van der Waals surface area contributed by atoms with E-state index in [-0.39, 0.29) is 5.97 Å². The Kier molecular flexibility index (Phi) is 7.21. The molecule has 1 fully saturated rings. The Morgan fingerprint density at radius 1 is 1.06 bits per heavy atom. The number of unbranched alkanes of at least 4 members (excludes halogenated alkanes) is 1. The summed E-state index contributed by atoms with van der Waals surface area (Å²) in [6.07, 6.45) is 3.25. The van der Waals surface area contributed by atoms with E-state index in [1.54, 1.807) is 0 Å². The first-order valence-electron chi connectivity index (χ1n) is 6.86. The first kappa shape index (κ1) is 14.5. The van der Waals surface area contributed by atoms with Gasteiger partial charge in [-0.2, -0.15) is 0 Å². The highest BCUT2D eigenvalue weighted by molar-refractivity contribution is 5.71. The number of esters is 1. The third kappa shape index (κ3) is 6.03. The van der Waals surface area contributed by atoms with Gasteiger partial charge in [0.25, 0.3) is 0 Å². The molecule has 1 heterocycles. The summed E-state index contributed by atoms with van der Waals surface area (Å²) in [5.74, 6) is -0.0672. The molecule has 17 heavy (non-hydrogen) atoms. The van der Waals surface area contributed by atoms with E-state index >= 15 is 0 Å². The van der Waals surface area contributed by atoms with Crippen molar-refractivity contribution in [1.82, 2.24) is 9.80 Å². The lowest BCUT2D eigenvalue weighted by molar-refractivity contribution is -0.145. The van der Waals surface area contributed by atoms with Gasteiger partial charge in [-0.05, 0) is 19.4 Å². The molecule has 0 aromatic heterocycles. The van der Waals surface area contributed by atoms with E-state index in [1.807, 2.05) is 0 Å². The second-order valence-electron chi connectivity index (χ2n) is 4.69. The van der Waals surface area contributed by atoms with Crippen LogP contribution in [0.4, 0.5) is 0 Å². The summed E-state index contributed by atoms with van der Waals surface area (Å²) < 4.78 is 5.17. The highest BCUT2D eigenvalue weighted by Gasteiger charge is 2.18. The molecule has 0 spiro atoms. The molecule has 4 nitrogen and oxygen atoms in total. The summed E-state index contributed by atoms with van der Waals surface area (Å²) in [5.41, 5.74) is 0. The summed E-state index contributed by atoms with van der Waals surface area (Å²) in [5, 5.41) is 0. The summed E-state index contributed by atoms with van der Waals surface area (Å²) in [6.45, 7) is 10.7. The molecule has 0 atom stereocenters. The Balaban J connectivity index is 2.10. The van der Waals surface area contributed by atoms with E-state index in [4.69, 9.17) is 4.74 Å². The van der Waals surface area contributed by atoms with Crippen LogP contribution in [0, 0.1) is 0 Å². The van der Waals surface area contributed by atoms with E-state index in [2.05, 4.69) is 23.6 Å². The second kappa shape index (κ2) is 8.48. The Labute approximate surface area is 105 Å². The molecule has 1 saturated heterocycles. The molecule has 1 rings (SSSR count). The van der Waals surface area contributed by atoms with Crippen molar-refractivity contribution in [3.63, 3.8) is 0 Å². The number of nitrogens with zero attached hydrogens (tertiary/aromatic N) is 2. The van der Waals surface area contributed by atoms with E-state index in [9.17, 15) is 4.79 Å². The van der Waals surface area contributed by atoms with Gasteiger partial charge < -0.3 is 9.64 Å². The Morgan fingerprint density at radius 2 is 1.71 bits per heavy atom. The summed E-state index contributed by atoms with van der Waals surface area (Å²) in [4.78, 5) is 16.2. The number of ether oxygens (including phenoxy) is 1. The molecule has 0 bridgehead atoms. The van der Waals surface area contributed by atoms with Crippen LogP contribution >= 0.6 is 0 Å². The highest BCUT2D eigenvalue weighted by atomic mass is 16.5. The third-order valence-electron chi connectivity index (χ3n) is 3.12. The molecule has 0 amide bonds. The molecular formula is C13H26N2O2. The highest BCUT2D eigenvalue weighted by Crippen LogP contribution is 2.02. The van der Waals surface area contributed by atoms with Gasteiger partial charge >= 0.3 is 5.97 Å². The molecule has 0 saturated carbocycles. The molecule has 4 heteroatoms. The van der Waals surface area contributed by atoms with Gasteiger partial charge in [-0.3, -0.25) is 9.69 Å². The fourth-order valence-corrected chi connectivity index (χ4v) is 2.05. The Hall–Kier alpha value is -0.610. The quantitative estimate of drug-likeness (QED) is 0.498. The fraction of sp³-hybridized carbons (Fsp3) is 0.923. The monoisotopic (exact) mass is 242 g/mol. The molecule has 100 valence electrons. The van der Waals surface area contributed by atoms with Crippen LogP contribution in [-0.4, -0.2) is 61.6 Å². The van der Waals surface area contributed by atoms with Crippen LogP contribution in [-0.2, 0) is 9.53 Å². The van der Waals surface area contributed by atoms with Crippen LogP contribution in [0.3, 0.4) is 0 Å². The first-order chi connectivity index (χ1) is 8.26. The average Bonchev–Trinajstić information content (AvgIpc) is 2.32. The fourth-order valence-electron chi connectivity index (χ4n) is 2.05. The van der Waals surface area contributed by atoms with Crippen molar-refractivity contribution in [3.8, 4) is 0 Å². The van der Waals surface area contributed by atoms with Crippen molar-refractivity contribution in [2.24, 2.45) is 0 Å². The van der Waals surface area contributed by atoms with Crippen molar-refractivity contribution in [1.29, 1.82) is 0 Å². The normalized spacial score (nSPS) is 18.2. The number of piperazine rings is 1. The SMILES string of the molecule is CCCCOC(=O)CN1CCN(CCC)CC1. The standard InChI is InChI=1S/C13H26N2O2/c1-3-5-11-17-13(16)12-15-9-7-14(6-4-2)8-10-15/h3-12H2,1-2H3. The van der Waals surface area contributed by atoms with Crippen LogP contribution in [0.25, 0.3) is 0 Å². The van der Waals surface area contributed by atoms with Crippen molar-refractivity contribution >= 4 is 5.97 Å². The van der Waals surface area contributed by atoms with Crippen molar-refractivity contribution in [2.75, 3.05) is 45.9 Å². The van der Waals surface area contributed by atoms with Crippen LogP contribution < -0.4 is 0 Å². The van der Waals surface area contributed by atoms with Gasteiger partial charge in [0.05, 0.1) is 13.2 Å². The number of hydrogen-bond acceptors (Lipinski definition) is 4. The molecule has 1 aliphatic heterocycles. The second-order valence-corrected chi connectivity index (χ2v) is 4.69. The van der Waals surface area contributed by atoms with E-state index < -0.39 is 0 Å². The van der Waals surface area contributed by atoms with Gasteiger partial charge in [0, 0.05) is 26.2 Å². The summed E-state index contributed by atoms with van der Waals surface area (Å²) in [6, 6.07) is 0. The average molecular weight is 242 g/mol. The lowest BCUT2D eigenvalue weighted by atomic mass is 10.3. The van der Waals surface area contributed by atoms with Gasteiger partial charge in [-0.25, -0.2) is 0 Å². The van der Waals surface area contributed by atoms with Gasteiger partial charge in [0.1, 0.15) is 0 Å². The maximum Gasteiger partial charge on any atom is 0.320 e. The summed E-state index contributed by atoms with van der Waals surface area (Å²) >= 11 is 0. The Morgan fingerprint density at radius 3 is 2.29 bits per heavy atom. The first-order valence-corrected chi connectivity index (χ1v) is 6.86. The maximum absolute atomic E-state index is 11.5. The lowest BCUT2D eigenvalue weighted by Crippen LogP contribution is -2.48. The number of carbonyl (C=O) groups is 1. The third-order valence-corrected chi connectivity index (χ3v) is 3.12. The number of hydrogen-bond donors (Lipinski definition) is 0. The van der Waals surface area contributed by atoms with Gasteiger partial charge in [0.2, 0.25) is 0 Å². The zero-order chi connectivity index (χ0) is 12.5. The molecule has 1 aliphatic rings. The molecule has 0 aliphatic carbocycles. The smallest absolute Gasteiger partial charge is 0.320 e. The summed E-state index contributed by atoms with van der Waals surface area (Å²) in [7, 11) is 0. The topological polar surface area (TPSA) is 32.8 Å². The zero-order valence-electron chi connectivity index (χ0n) is 11.3. The zero-order valence-corrected chi connectivity index (χ0v) is 11.3. The van der Waals surface area contributed by atoms with E-state index in [1.165, 1.54) is 13.0 Å². The number of carbonyl (C=O) groups excluding carboxylic acids is 1. The van der Waals surface area contributed by atoms with Gasteiger partial charge in [-0.15, -0.1) is 0 Å². The van der Waals surface area contributed by atoms with E-state index in [0.29, 0.717) is 13.2 Å². The van der Waals surface area contributed by atoms with Crippen molar-refractivity contribution in [2.45, 2.75) is 33.1 Å². The van der Waals surface area contributed by atoms with Crippen LogP contribution in [0.1, 0.15) is 33.1 Å². The minimum absolute atomic E-state index is 0.0672. The lowest BCUT2D eigenvalue weighted by Gasteiger charge is -2.33. The van der Waals surface area contributed by atoms with Gasteiger partial charge in [0.15, 0.2) is 0 Å². The molecule has 0 unspecified atom stereocenters. The molecule has 0 radical (unpaired) electrons. The van der Waals surface area contributed by atoms with Crippen LogP contribution in [0.15, 0.2) is 0 Å². The largest absolute Gasteiger partial charge is 0.465 e. The van der Waals surface area contributed by atoms with Crippen LogP contribution in [0.5, 0.6) is 0 Å². The van der Waals surface area contributed by atoms with Crippen molar-refractivity contribution < 1.29 is 9.53 Å². The molecule has 0 aromatic carbocycles. The van der Waals surface area contributed by atoms with Gasteiger partial charge in [-0.1, -0.05) is 20.3 Å². The Bertz CT molecular complexity index is 213. The van der Waals surface area contributed by atoms with Crippen molar-refractivity contribution in [3.05, 3.63) is 0 Å². The van der Waals surface area contributed by atoms with Crippen LogP contribution in [0.2, 0.25) is 0 Å². The predicted molar refractivity (Wildman–Crippen MR) is 69.0 cm³/mol. The predicted octanol–water partition coefficient (Wildman–Crippen LogP) is 1.36. The molecule has 0 aromatic rings. The minimum atomic E-state index is -0.0672. The molecular weight excluding hydrogens is 216 g/mol. The molecule has 0 N–H and O–H groups in total. The number of rotatable bonds is 7. The maximum atomic E-state index is 11.5. The minimum Gasteiger partial charge on any atom is -0.465 e. The van der Waals surface area contributed by atoms with E-state index in [0.717, 1.165) is 39.0 Å².